The molecular formula is C31H28IN3O4. The molecule has 0 atom stereocenters. The van der Waals surface area contributed by atoms with Gasteiger partial charge in [0.2, 0.25) is 0 Å². The van der Waals surface area contributed by atoms with Gasteiger partial charge in [0, 0.05) is 24.3 Å². The van der Waals surface area contributed by atoms with E-state index in [1.165, 1.54) is 5.56 Å². The van der Waals surface area contributed by atoms with Crippen molar-refractivity contribution in [2.75, 3.05) is 31.2 Å². The summed E-state index contributed by atoms with van der Waals surface area (Å²) in [7, 11) is 0. The smallest absolute Gasteiger partial charge is 0.324 e. The lowest BCUT2D eigenvalue weighted by Crippen LogP contribution is -2.48. The molecule has 0 spiro atoms. The Morgan fingerprint density at radius 1 is 0.795 bits per heavy atom. The highest BCUT2D eigenvalue weighted by Crippen LogP contribution is 2.29. The minimum atomic E-state index is -0.330. The van der Waals surface area contributed by atoms with Crippen molar-refractivity contribution in [3.05, 3.63) is 114 Å². The Labute approximate surface area is 242 Å². The normalized spacial score (nSPS) is 13.1. The van der Waals surface area contributed by atoms with E-state index in [1.807, 2.05) is 47.4 Å². The van der Waals surface area contributed by atoms with Gasteiger partial charge in [-0.05, 0) is 58.1 Å². The fourth-order valence-corrected chi connectivity index (χ4v) is 4.78. The summed E-state index contributed by atoms with van der Waals surface area (Å²) >= 11 is 1.61. The van der Waals surface area contributed by atoms with Crippen molar-refractivity contribution in [2.24, 2.45) is 0 Å². The summed E-state index contributed by atoms with van der Waals surface area (Å²) in [5, 5.41) is 0. The Morgan fingerprint density at radius 3 is 2.05 bits per heavy atom. The predicted molar refractivity (Wildman–Crippen MR) is 160 cm³/mol. The summed E-state index contributed by atoms with van der Waals surface area (Å²) in [6.07, 6.45) is 0. The van der Waals surface area contributed by atoms with Gasteiger partial charge in [-0.1, -0.05) is 72.8 Å². The lowest BCUT2D eigenvalue weighted by molar-refractivity contribution is 0.0548. The average molecular weight is 633 g/mol. The first-order valence-electron chi connectivity index (χ1n) is 12.7. The van der Waals surface area contributed by atoms with Crippen molar-refractivity contribution in [3.8, 4) is 22.3 Å². The number of nitrogens with one attached hydrogen (secondary N) is 1. The highest BCUT2D eigenvalue weighted by Gasteiger charge is 2.24. The molecule has 8 heteroatoms. The minimum Gasteiger partial charge on any atom is -0.378 e. The number of halogens is 1. The number of ether oxygens (including phenoxy) is 1. The SMILES string of the molecule is O=C(NOI)c1ccc(CN(C(=O)N2CCOCC2)c2ccc(-c3cccc(-c4ccccc4)c3)cc2)cc1. The largest absolute Gasteiger partial charge is 0.378 e. The Kier molecular flexibility index (Phi) is 8.87. The van der Waals surface area contributed by atoms with Gasteiger partial charge in [-0.3, -0.25) is 9.69 Å². The van der Waals surface area contributed by atoms with Gasteiger partial charge in [0.25, 0.3) is 5.91 Å². The Morgan fingerprint density at radius 2 is 1.41 bits per heavy atom. The average Bonchev–Trinajstić information content (AvgIpc) is 3.01. The maximum atomic E-state index is 13.6. The van der Waals surface area contributed by atoms with Crippen LogP contribution in [0, 0.1) is 0 Å². The van der Waals surface area contributed by atoms with E-state index in [0.29, 0.717) is 38.4 Å². The standard InChI is InChI=1S/C31H28IN3O4/c32-39-33-30(36)26-11-9-23(10-12-26)22-35(31(37)34-17-19-38-20-18-34)29-15-13-25(14-16-29)28-8-4-7-27(21-28)24-5-2-1-3-6-24/h1-16,21H,17-20,22H2,(H,33,36). The lowest BCUT2D eigenvalue weighted by atomic mass is 9.99. The second-order valence-electron chi connectivity index (χ2n) is 9.17. The molecule has 7 nitrogen and oxygen atoms in total. The second kappa shape index (κ2) is 12.9. The predicted octanol–water partition coefficient (Wildman–Crippen LogP) is 6.49. The summed E-state index contributed by atoms with van der Waals surface area (Å²) in [6.45, 7) is 2.52. The number of morpholine rings is 1. The molecule has 0 aromatic heterocycles. The molecule has 1 N–H and O–H groups in total. The summed E-state index contributed by atoms with van der Waals surface area (Å²) in [6, 6.07) is 33.9. The zero-order valence-corrected chi connectivity index (χ0v) is 23.4. The first kappa shape index (κ1) is 26.9. The Balaban J connectivity index is 1.40. The van der Waals surface area contributed by atoms with Crippen molar-refractivity contribution < 1.29 is 17.5 Å². The van der Waals surface area contributed by atoms with Crippen LogP contribution >= 0.6 is 23.0 Å². The highest BCUT2D eigenvalue weighted by atomic mass is 127. The van der Waals surface area contributed by atoms with Gasteiger partial charge in [-0.25, -0.2) is 13.4 Å². The van der Waals surface area contributed by atoms with E-state index >= 15 is 0 Å². The molecule has 1 heterocycles. The van der Waals surface area contributed by atoms with Crippen LogP contribution in [0.5, 0.6) is 0 Å². The van der Waals surface area contributed by atoms with E-state index in [2.05, 4.69) is 57.2 Å². The lowest BCUT2D eigenvalue weighted by Gasteiger charge is -2.33. The number of nitrogens with zero attached hydrogens (tertiary/aromatic N) is 2. The third kappa shape index (κ3) is 6.65. The molecule has 0 radical (unpaired) electrons. The summed E-state index contributed by atoms with van der Waals surface area (Å²) < 4.78 is 10.1. The molecule has 39 heavy (non-hydrogen) atoms. The number of amides is 3. The minimum absolute atomic E-state index is 0.0720. The number of hydroxylamine groups is 1. The molecule has 0 saturated carbocycles. The van der Waals surface area contributed by atoms with Gasteiger partial charge < -0.3 is 9.64 Å². The van der Waals surface area contributed by atoms with Gasteiger partial charge in [0.05, 0.1) is 19.8 Å². The van der Waals surface area contributed by atoms with E-state index in [4.69, 9.17) is 4.74 Å². The number of benzene rings is 4. The Bertz CT molecular complexity index is 1410. The van der Waals surface area contributed by atoms with Crippen LogP contribution in [0.3, 0.4) is 0 Å². The number of hydrogen-bond acceptors (Lipinski definition) is 4. The maximum Gasteiger partial charge on any atom is 0.324 e. The van der Waals surface area contributed by atoms with Crippen LogP contribution < -0.4 is 10.4 Å². The topological polar surface area (TPSA) is 71.1 Å². The second-order valence-corrected chi connectivity index (χ2v) is 9.61. The van der Waals surface area contributed by atoms with Gasteiger partial charge in [0.1, 0.15) is 23.0 Å². The maximum absolute atomic E-state index is 13.6. The van der Waals surface area contributed by atoms with E-state index in [0.717, 1.165) is 27.9 Å². The molecule has 5 rings (SSSR count). The summed E-state index contributed by atoms with van der Waals surface area (Å²) in [4.78, 5) is 29.3. The van der Waals surface area contributed by atoms with Gasteiger partial charge >= 0.3 is 6.03 Å². The fraction of sp³-hybridized carbons (Fsp3) is 0.161. The van der Waals surface area contributed by atoms with Gasteiger partial charge in [0.15, 0.2) is 0 Å². The molecule has 1 saturated heterocycles. The molecule has 3 amide bonds. The molecule has 1 aliphatic rings. The number of urea groups is 1. The van der Waals surface area contributed by atoms with E-state index < -0.39 is 0 Å². The molecule has 1 fully saturated rings. The number of anilines is 1. The van der Waals surface area contributed by atoms with E-state index in [1.54, 1.807) is 40.0 Å². The van der Waals surface area contributed by atoms with Gasteiger partial charge in [-0.15, -0.1) is 0 Å². The molecule has 4 aromatic rings. The van der Waals surface area contributed by atoms with Crippen molar-refractivity contribution in [1.82, 2.24) is 10.4 Å². The summed E-state index contributed by atoms with van der Waals surface area (Å²) in [5.41, 5.74) is 8.99. The molecule has 1 aliphatic heterocycles. The first-order valence-corrected chi connectivity index (χ1v) is 13.6. The van der Waals surface area contributed by atoms with E-state index in [9.17, 15) is 9.59 Å². The Hall–Kier alpha value is -3.73. The molecule has 0 unspecified atom stereocenters. The fourth-order valence-electron chi connectivity index (χ4n) is 4.58. The third-order valence-electron chi connectivity index (χ3n) is 6.68. The van der Waals surface area contributed by atoms with Crippen LogP contribution in [0.2, 0.25) is 0 Å². The van der Waals surface area contributed by atoms with Crippen LogP contribution in [0.1, 0.15) is 15.9 Å². The zero-order chi connectivity index (χ0) is 27.0. The molecule has 198 valence electrons. The first-order chi connectivity index (χ1) is 19.1. The number of carbonyl (C=O) groups is 2. The van der Waals surface area contributed by atoms with Gasteiger partial charge in [-0.2, -0.15) is 0 Å². The van der Waals surface area contributed by atoms with Crippen LogP contribution in [-0.2, 0) is 14.4 Å². The van der Waals surface area contributed by atoms with Crippen LogP contribution in [0.15, 0.2) is 103 Å². The zero-order valence-electron chi connectivity index (χ0n) is 21.3. The van der Waals surface area contributed by atoms with Crippen molar-refractivity contribution >= 4 is 40.6 Å². The summed E-state index contributed by atoms with van der Waals surface area (Å²) in [5.74, 6) is -0.330. The van der Waals surface area contributed by atoms with Crippen LogP contribution in [0.25, 0.3) is 22.3 Å². The monoisotopic (exact) mass is 633 g/mol. The molecule has 0 bridgehead atoms. The number of carbonyl (C=O) groups excluding carboxylic acids is 2. The molecular weight excluding hydrogens is 605 g/mol. The quantitative estimate of drug-likeness (QED) is 0.187. The van der Waals surface area contributed by atoms with Crippen LogP contribution in [-0.4, -0.2) is 43.1 Å². The highest BCUT2D eigenvalue weighted by molar-refractivity contribution is 14.1. The number of hydrogen-bond donors (Lipinski definition) is 1. The van der Waals surface area contributed by atoms with E-state index in [-0.39, 0.29) is 11.9 Å². The third-order valence-corrected chi connectivity index (χ3v) is 6.90. The van der Waals surface area contributed by atoms with Crippen molar-refractivity contribution in [2.45, 2.75) is 6.54 Å². The van der Waals surface area contributed by atoms with Crippen molar-refractivity contribution in [1.29, 1.82) is 0 Å². The van der Waals surface area contributed by atoms with Crippen LogP contribution in [0.4, 0.5) is 10.5 Å². The molecule has 4 aromatic carbocycles. The number of rotatable bonds is 7. The molecule has 0 aliphatic carbocycles. The van der Waals surface area contributed by atoms with Crippen molar-refractivity contribution in [3.63, 3.8) is 0 Å².